The normalized spacial score (nSPS) is 9.69. The Morgan fingerprint density at radius 2 is 1.00 bits per heavy atom. The van der Waals surface area contributed by atoms with Crippen LogP contribution in [-0.2, 0) is 20.8 Å². The molecule has 3 aromatic carbocycles. The molecule has 0 spiro atoms. The van der Waals surface area contributed by atoms with Gasteiger partial charge in [0.05, 0.1) is 29.9 Å². The zero-order valence-electron chi connectivity index (χ0n) is 18.2. The predicted molar refractivity (Wildman–Crippen MR) is 120 cm³/mol. The van der Waals surface area contributed by atoms with E-state index in [4.69, 9.17) is 14.2 Å². The highest BCUT2D eigenvalue weighted by Crippen LogP contribution is 2.12. The molecule has 0 heterocycles. The molecule has 0 saturated heterocycles. The number of ether oxygens (including phenoxy) is 3. The van der Waals surface area contributed by atoms with Crippen molar-refractivity contribution in [2.45, 2.75) is 20.5 Å². The van der Waals surface area contributed by atoms with Crippen molar-refractivity contribution in [2.24, 2.45) is 0 Å². The van der Waals surface area contributed by atoms with Gasteiger partial charge in [0.25, 0.3) is 0 Å². The minimum absolute atomic E-state index is 0.239. The molecule has 0 unspecified atom stereocenters. The zero-order chi connectivity index (χ0) is 23.2. The van der Waals surface area contributed by atoms with E-state index in [2.05, 4.69) is 0 Å². The molecular formula is C26H26O6. The van der Waals surface area contributed by atoms with E-state index in [1.807, 2.05) is 48.5 Å². The van der Waals surface area contributed by atoms with E-state index in [0.29, 0.717) is 12.2 Å². The van der Waals surface area contributed by atoms with Gasteiger partial charge in [-0.2, -0.15) is 0 Å². The lowest BCUT2D eigenvalue weighted by Gasteiger charge is -2.07. The van der Waals surface area contributed by atoms with E-state index in [0.717, 1.165) is 5.56 Å². The Labute approximate surface area is 187 Å². The summed E-state index contributed by atoms with van der Waals surface area (Å²) in [5, 5.41) is 0. The lowest BCUT2D eigenvalue weighted by atomic mass is 10.1. The molecule has 3 rings (SSSR count). The molecule has 0 radical (unpaired) electrons. The van der Waals surface area contributed by atoms with Crippen LogP contribution < -0.4 is 0 Å². The second-order valence-electron chi connectivity index (χ2n) is 6.41. The van der Waals surface area contributed by atoms with Crippen molar-refractivity contribution in [3.05, 3.63) is 107 Å². The Bertz CT molecular complexity index is 962. The third-order valence-corrected chi connectivity index (χ3v) is 4.14. The summed E-state index contributed by atoms with van der Waals surface area (Å²) in [6.07, 6.45) is 0. The molecule has 6 nitrogen and oxygen atoms in total. The topological polar surface area (TPSA) is 78.9 Å². The van der Waals surface area contributed by atoms with Crippen molar-refractivity contribution in [3.63, 3.8) is 0 Å². The number of hydrogen-bond donors (Lipinski definition) is 0. The lowest BCUT2D eigenvalue weighted by Crippen LogP contribution is -2.13. The van der Waals surface area contributed by atoms with Gasteiger partial charge >= 0.3 is 17.9 Å². The molecule has 32 heavy (non-hydrogen) atoms. The van der Waals surface area contributed by atoms with Gasteiger partial charge in [0.1, 0.15) is 6.61 Å². The highest BCUT2D eigenvalue weighted by Gasteiger charge is 2.17. The van der Waals surface area contributed by atoms with Gasteiger partial charge in [-0.1, -0.05) is 60.7 Å². The predicted octanol–water partition coefficient (Wildman–Crippen LogP) is 5.08. The average molecular weight is 434 g/mol. The minimum Gasteiger partial charge on any atom is -0.462 e. The molecule has 0 fully saturated rings. The fourth-order valence-electron chi connectivity index (χ4n) is 2.64. The first-order valence-corrected chi connectivity index (χ1v) is 10.3. The molecular weight excluding hydrogens is 408 g/mol. The van der Waals surface area contributed by atoms with Crippen LogP contribution in [0.1, 0.15) is 50.5 Å². The van der Waals surface area contributed by atoms with Crippen LogP contribution in [0.4, 0.5) is 0 Å². The second-order valence-corrected chi connectivity index (χ2v) is 6.41. The average Bonchev–Trinajstić information content (AvgIpc) is 2.84. The van der Waals surface area contributed by atoms with Crippen molar-refractivity contribution < 1.29 is 28.6 Å². The maximum atomic E-state index is 11.6. The van der Waals surface area contributed by atoms with Gasteiger partial charge in [-0.3, -0.25) is 0 Å². The second kappa shape index (κ2) is 13.4. The lowest BCUT2D eigenvalue weighted by molar-refractivity contribution is 0.0471. The van der Waals surface area contributed by atoms with Gasteiger partial charge in [0, 0.05) is 0 Å². The molecule has 6 heteroatoms. The summed E-state index contributed by atoms with van der Waals surface area (Å²) in [6, 6.07) is 25.1. The Morgan fingerprint density at radius 1 is 0.562 bits per heavy atom. The fourth-order valence-corrected chi connectivity index (χ4v) is 2.64. The van der Waals surface area contributed by atoms with E-state index < -0.39 is 11.9 Å². The molecule has 3 aromatic rings. The maximum absolute atomic E-state index is 11.6. The monoisotopic (exact) mass is 434 g/mol. The Kier molecular flexibility index (Phi) is 10.2. The van der Waals surface area contributed by atoms with E-state index in [-0.39, 0.29) is 30.3 Å². The number of rotatable bonds is 7. The third-order valence-electron chi connectivity index (χ3n) is 4.14. The number of carbonyl (C=O) groups excluding carboxylic acids is 3. The summed E-state index contributed by atoms with van der Waals surface area (Å²) < 4.78 is 14.9. The molecule has 0 amide bonds. The first kappa shape index (κ1) is 24.3. The van der Waals surface area contributed by atoms with Crippen molar-refractivity contribution >= 4 is 17.9 Å². The van der Waals surface area contributed by atoms with Gasteiger partial charge in [-0.15, -0.1) is 0 Å². The number of hydrogen-bond acceptors (Lipinski definition) is 6. The molecule has 0 bridgehead atoms. The SMILES string of the molecule is CCOC(=O)c1ccccc1C(=O)OCC.O=C(OCc1ccccc1)c1ccccc1. The molecule has 0 atom stereocenters. The maximum Gasteiger partial charge on any atom is 0.338 e. The van der Waals surface area contributed by atoms with Gasteiger partial charge < -0.3 is 14.2 Å². The van der Waals surface area contributed by atoms with Crippen LogP contribution in [0.15, 0.2) is 84.9 Å². The van der Waals surface area contributed by atoms with Gasteiger partial charge in [-0.25, -0.2) is 14.4 Å². The first-order valence-electron chi connectivity index (χ1n) is 10.3. The molecule has 166 valence electrons. The molecule has 0 saturated carbocycles. The highest BCUT2D eigenvalue weighted by molar-refractivity contribution is 6.03. The van der Waals surface area contributed by atoms with Crippen LogP contribution in [0.3, 0.4) is 0 Å². The Balaban J connectivity index is 0.000000227. The van der Waals surface area contributed by atoms with Crippen LogP contribution in [0, 0.1) is 0 Å². The molecule has 0 N–H and O–H groups in total. The summed E-state index contributed by atoms with van der Waals surface area (Å²) in [4.78, 5) is 34.7. The Hall–Kier alpha value is -3.93. The van der Waals surface area contributed by atoms with Gasteiger partial charge in [0.2, 0.25) is 0 Å². The minimum atomic E-state index is -0.508. The van der Waals surface area contributed by atoms with Crippen LogP contribution in [0.25, 0.3) is 0 Å². The quantitative estimate of drug-likeness (QED) is 0.381. The molecule has 0 aliphatic carbocycles. The van der Waals surface area contributed by atoms with Crippen LogP contribution >= 0.6 is 0 Å². The van der Waals surface area contributed by atoms with Crippen LogP contribution in [0.5, 0.6) is 0 Å². The van der Waals surface area contributed by atoms with Crippen molar-refractivity contribution in [1.29, 1.82) is 0 Å². The fraction of sp³-hybridized carbons (Fsp3) is 0.192. The number of esters is 3. The molecule has 0 aliphatic heterocycles. The van der Waals surface area contributed by atoms with Gasteiger partial charge in [-0.05, 0) is 43.7 Å². The van der Waals surface area contributed by atoms with E-state index in [9.17, 15) is 14.4 Å². The smallest absolute Gasteiger partial charge is 0.338 e. The summed E-state index contributed by atoms with van der Waals surface area (Å²) in [5.74, 6) is -1.30. The third kappa shape index (κ3) is 7.72. The zero-order valence-corrected chi connectivity index (χ0v) is 18.2. The number of benzene rings is 3. The van der Waals surface area contributed by atoms with E-state index in [1.54, 1.807) is 50.2 Å². The Morgan fingerprint density at radius 3 is 1.47 bits per heavy atom. The van der Waals surface area contributed by atoms with Crippen molar-refractivity contribution in [3.8, 4) is 0 Å². The summed E-state index contributed by atoms with van der Waals surface area (Å²) in [7, 11) is 0. The summed E-state index contributed by atoms with van der Waals surface area (Å²) >= 11 is 0. The van der Waals surface area contributed by atoms with E-state index in [1.165, 1.54) is 0 Å². The molecule has 0 aromatic heterocycles. The van der Waals surface area contributed by atoms with Crippen LogP contribution in [-0.4, -0.2) is 31.1 Å². The van der Waals surface area contributed by atoms with Crippen molar-refractivity contribution in [2.75, 3.05) is 13.2 Å². The number of carbonyl (C=O) groups is 3. The first-order chi connectivity index (χ1) is 15.6. The molecule has 0 aliphatic rings. The standard InChI is InChI=1S/C14H12O2.C12H14O4/c15-14(13-9-5-2-6-10-13)16-11-12-7-3-1-4-8-12;1-3-15-11(13)9-7-5-6-8-10(9)12(14)16-4-2/h1-10H,11H2;5-8H,3-4H2,1-2H3. The van der Waals surface area contributed by atoms with E-state index >= 15 is 0 Å². The van der Waals surface area contributed by atoms with Gasteiger partial charge in [0.15, 0.2) is 0 Å². The largest absolute Gasteiger partial charge is 0.462 e. The highest BCUT2D eigenvalue weighted by atomic mass is 16.5. The van der Waals surface area contributed by atoms with Crippen molar-refractivity contribution in [1.82, 2.24) is 0 Å². The summed E-state index contributed by atoms with van der Waals surface area (Å²) in [6.45, 7) is 4.29. The van der Waals surface area contributed by atoms with Crippen LogP contribution in [0.2, 0.25) is 0 Å². The summed E-state index contributed by atoms with van der Waals surface area (Å²) in [5.41, 5.74) is 2.05.